The summed E-state index contributed by atoms with van der Waals surface area (Å²) in [5, 5.41) is 0. The monoisotopic (exact) mass is 330 g/mol. The largest absolute Gasteiger partial charge is 0.497 e. The van der Waals surface area contributed by atoms with Crippen molar-refractivity contribution in [3.63, 3.8) is 0 Å². The van der Waals surface area contributed by atoms with Crippen LogP contribution in [0.15, 0.2) is 29.2 Å². The Morgan fingerprint density at radius 2 is 2.29 bits per heavy atom. The Kier molecular flexibility index (Phi) is 7.93. The standard InChI is InChI=1S/C15H22N2O2S.ClH/c1-19-13-6-4-7-14(9-13)20-11-15(18)17-8-3-2-5-12(17)10-16;/h4,6-7,9,12H,2-3,5,8,10-11,16H2,1H3;1H. The Balaban J connectivity index is 0.00000220. The summed E-state index contributed by atoms with van der Waals surface area (Å²) in [6, 6.07) is 8.02. The molecule has 1 saturated heterocycles. The predicted molar refractivity (Wildman–Crippen MR) is 89.4 cm³/mol. The van der Waals surface area contributed by atoms with Gasteiger partial charge in [0.1, 0.15) is 5.75 Å². The van der Waals surface area contributed by atoms with Crippen LogP contribution in [0.4, 0.5) is 0 Å². The summed E-state index contributed by atoms with van der Waals surface area (Å²) in [4.78, 5) is 15.3. The van der Waals surface area contributed by atoms with Crippen molar-refractivity contribution in [1.82, 2.24) is 4.90 Å². The molecule has 1 fully saturated rings. The number of amides is 1. The van der Waals surface area contributed by atoms with Crippen molar-refractivity contribution in [2.45, 2.75) is 30.2 Å². The maximum absolute atomic E-state index is 12.3. The van der Waals surface area contributed by atoms with Gasteiger partial charge in [0.05, 0.1) is 12.9 Å². The maximum Gasteiger partial charge on any atom is 0.233 e. The van der Waals surface area contributed by atoms with Gasteiger partial charge >= 0.3 is 0 Å². The third-order valence-electron chi connectivity index (χ3n) is 3.62. The molecule has 1 aromatic rings. The summed E-state index contributed by atoms with van der Waals surface area (Å²) in [5.74, 6) is 1.47. The van der Waals surface area contributed by atoms with Crippen LogP contribution in [0.1, 0.15) is 19.3 Å². The van der Waals surface area contributed by atoms with Crippen LogP contribution in [0.3, 0.4) is 0 Å². The lowest BCUT2D eigenvalue weighted by atomic mass is 10.0. The number of ether oxygens (including phenoxy) is 1. The molecule has 0 aliphatic carbocycles. The molecule has 1 aliphatic rings. The first-order valence-electron chi connectivity index (χ1n) is 7.01. The fourth-order valence-electron chi connectivity index (χ4n) is 2.49. The van der Waals surface area contributed by atoms with Gasteiger partial charge in [-0.1, -0.05) is 6.07 Å². The minimum Gasteiger partial charge on any atom is -0.497 e. The Bertz CT molecular complexity index is 459. The average Bonchev–Trinajstić information content (AvgIpc) is 2.52. The third-order valence-corrected chi connectivity index (χ3v) is 4.60. The first kappa shape index (κ1) is 18.1. The topological polar surface area (TPSA) is 55.6 Å². The van der Waals surface area contributed by atoms with Crippen molar-refractivity contribution in [3.8, 4) is 5.75 Å². The molecule has 1 heterocycles. The van der Waals surface area contributed by atoms with Gasteiger partial charge in [0.15, 0.2) is 0 Å². The van der Waals surface area contributed by atoms with E-state index < -0.39 is 0 Å². The van der Waals surface area contributed by atoms with E-state index in [9.17, 15) is 4.79 Å². The van der Waals surface area contributed by atoms with E-state index in [1.807, 2.05) is 29.2 Å². The number of nitrogens with zero attached hydrogens (tertiary/aromatic N) is 1. The fourth-order valence-corrected chi connectivity index (χ4v) is 3.32. The summed E-state index contributed by atoms with van der Waals surface area (Å²) in [6.07, 6.45) is 3.30. The average molecular weight is 331 g/mol. The molecule has 1 atom stereocenters. The summed E-state index contributed by atoms with van der Waals surface area (Å²) in [7, 11) is 1.65. The van der Waals surface area contributed by atoms with Gasteiger partial charge in [0.25, 0.3) is 0 Å². The number of hydrogen-bond acceptors (Lipinski definition) is 4. The van der Waals surface area contributed by atoms with Gasteiger partial charge < -0.3 is 15.4 Å². The first-order valence-corrected chi connectivity index (χ1v) is 7.99. The van der Waals surface area contributed by atoms with Crippen LogP contribution in [-0.4, -0.2) is 42.8 Å². The number of piperidine rings is 1. The molecular weight excluding hydrogens is 308 g/mol. The molecule has 0 radical (unpaired) electrons. The van der Waals surface area contributed by atoms with E-state index in [0.717, 1.165) is 30.0 Å². The second-order valence-electron chi connectivity index (χ2n) is 4.94. The van der Waals surface area contributed by atoms with Crippen LogP contribution in [0.25, 0.3) is 0 Å². The summed E-state index contributed by atoms with van der Waals surface area (Å²) >= 11 is 1.55. The maximum atomic E-state index is 12.3. The highest BCUT2D eigenvalue weighted by Crippen LogP contribution is 2.24. The molecule has 2 N–H and O–H groups in total. The van der Waals surface area contributed by atoms with Crippen molar-refractivity contribution in [1.29, 1.82) is 0 Å². The minimum absolute atomic E-state index is 0. The van der Waals surface area contributed by atoms with Gasteiger partial charge in [-0.25, -0.2) is 0 Å². The molecule has 6 heteroatoms. The van der Waals surface area contributed by atoms with Gasteiger partial charge in [-0.2, -0.15) is 0 Å². The van der Waals surface area contributed by atoms with Crippen LogP contribution in [0.2, 0.25) is 0 Å². The number of thioether (sulfide) groups is 1. The molecule has 0 saturated carbocycles. The van der Waals surface area contributed by atoms with E-state index in [2.05, 4.69) is 0 Å². The van der Waals surface area contributed by atoms with Crippen LogP contribution in [0.5, 0.6) is 5.75 Å². The number of carbonyl (C=O) groups is 1. The number of nitrogens with two attached hydrogens (primary N) is 1. The number of methoxy groups -OCH3 is 1. The molecule has 0 bridgehead atoms. The Hall–Kier alpha value is -0.910. The quantitative estimate of drug-likeness (QED) is 0.843. The second-order valence-corrected chi connectivity index (χ2v) is 5.99. The zero-order valence-corrected chi connectivity index (χ0v) is 13.9. The fraction of sp³-hybridized carbons (Fsp3) is 0.533. The van der Waals surface area contributed by atoms with E-state index in [1.165, 1.54) is 6.42 Å². The molecule has 2 rings (SSSR count). The zero-order valence-electron chi connectivity index (χ0n) is 12.3. The lowest BCUT2D eigenvalue weighted by Crippen LogP contribution is -2.48. The van der Waals surface area contributed by atoms with Gasteiger partial charge in [0.2, 0.25) is 5.91 Å². The van der Waals surface area contributed by atoms with E-state index in [-0.39, 0.29) is 24.4 Å². The van der Waals surface area contributed by atoms with Crippen LogP contribution < -0.4 is 10.5 Å². The number of halogens is 1. The van der Waals surface area contributed by atoms with Crippen molar-refractivity contribution in [2.24, 2.45) is 5.73 Å². The Morgan fingerprint density at radius 1 is 1.48 bits per heavy atom. The normalized spacial score (nSPS) is 18.0. The van der Waals surface area contributed by atoms with Crippen molar-refractivity contribution in [2.75, 3.05) is 26.0 Å². The zero-order chi connectivity index (χ0) is 14.4. The van der Waals surface area contributed by atoms with Gasteiger partial charge in [-0.15, -0.1) is 24.2 Å². The summed E-state index contributed by atoms with van der Waals surface area (Å²) < 4.78 is 5.19. The van der Waals surface area contributed by atoms with E-state index in [4.69, 9.17) is 10.5 Å². The van der Waals surface area contributed by atoms with Gasteiger partial charge in [0, 0.05) is 24.0 Å². The molecule has 1 amide bonds. The molecule has 1 aliphatic heterocycles. The summed E-state index contributed by atoms with van der Waals surface area (Å²) in [6.45, 7) is 1.41. The van der Waals surface area contributed by atoms with Crippen LogP contribution in [-0.2, 0) is 4.79 Å². The molecule has 0 spiro atoms. The smallest absolute Gasteiger partial charge is 0.233 e. The lowest BCUT2D eigenvalue weighted by Gasteiger charge is -2.35. The molecule has 1 unspecified atom stereocenters. The minimum atomic E-state index is 0. The lowest BCUT2D eigenvalue weighted by molar-refractivity contribution is -0.131. The van der Waals surface area contributed by atoms with E-state index >= 15 is 0 Å². The molecule has 0 aromatic heterocycles. The van der Waals surface area contributed by atoms with Crippen molar-refractivity contribution in [3.05, 3.63) is 24.3 Å². The number of carbonyl (C=O) groups excluding carboxylic acids is 1. The Morgan fingerprint density at radius 3 is 3.00 bits per heavy atom. The predicted octanol–water partition coefficient (Wildman–Crippen LogP) is 2.55. The number of likely N-dealkylation sites (tertiary alicyclic amines) is 1. The third kappa shape index (κ3) is 5.09. The molecule has 1 aromatic carbocycles. The van der Waals surface area contributed by atoms with Gasteiger partial charge in [-0.05, 0) is 37.5 Å². The first-order chi connectivity index (χ1) is 9.74. The highest BCUT2D eigenvalue weighted by molar-refractivity contribution is 8.00. The van der Waals surface area contributed by atoms with Crippen molar-refractivity contribution >= 4 is 30.1 Å². The summed E-state index contributed by atoms with van der Waals surface area (Å²) in [5.41, 5.74) is 5.76. The molecule has 118 valence electrons. The number of rotatable bonds is 5. The molecular formula is C15H23ClN2O2S. The number of benzene rings is 1. The SMILES string of the molecule is COc1cccc(SCC(=O)N2CCCCC2CN)c1.Cl. The van der Waals surface area contributed by atoms with E-state index in [0.29, 0.717) is 12.3 Å². The number of hydrogen-bond donors (Lipinski definition) is 1. The molecule has 4 nitrogen and oxygen atoms in total. The van der Waals surface area contributed by atoms with E-state index in [1.54, 1.807) is 18.9 Å². The van der Waals surface area contributed by atoms with Crippen molar-refractivity contribution < 1.29 is 9.53 Å². The van der Waals surface area contributed by atoms with Crippen LogP contribution >= 0.6 is 24.2 Å². The second kappa shape index (κ2) is 9.18. The Labute approximate surface area is 136 Å². The highest BCUT2D eigenvalue weighted by atomic mass is 35.5. The van der Waals surface area contributed by atoms with Crippen LogP contribution in [0, 0.1) is 0 Å². The highest BCUT2D eigenvalue weighted by Gasteiger charge is 2.25. The molecule has 21 heavy (non-hydrogen) atoms. The van der Waals surface area contributed by atoms with Gasteiger partial charge in [-0.3, -0.25) is 4.79 Å².